The van der Waals surface area contributed by atoms with E-state index < -0.39 is 11.9 Å². The van der Waals surface area contributed by atoms with Crippen LogP contribution in [0.25, 0.3) is 11.4 Å². The van der Waals surface area contributed by atoms with E-state index in [4.69, 9.17) is 0 Å². The lowest BCUT2D eigenvalue weighted by atomic mass is 10.2. The molecule has 0 bridgehead atoms. The monoisotopic (exact) mass is 442 g/mol. The van der Waals surface area contributed by atoms with Gasteiger partial charge in [0.05, 0.1) is 6.54 Å². The molecular weight excluding hydrogens is 421 g/mol. The maximum atomic E-state index is 13.4. The second kappa shape index (κ2) is 9.31. The van der Waals surface area contributed by atoms with E-state index in [2.05, 4.69) is 20.3 Å². The Kier molecular flexibility index (Phi) is 6.31. The molecule has 10 heteroatoms. The topological polar surface area (TPSA) is 74.2 Å². The molecule has 1 N–H and O–H groups in total. The number of piperazine rings is 1. The third kappa shape index (κ3) is 5.38. The number of rotatable bonds is 5. The van der Waals surface area contributed by atoms with Crippen molar-refractivity contribution >= 4 is 17.4 Å². The molecule has 0 atom stereocenters. The van der Waals surface area contributed by atoms with Crippen molar-refractivity contribution in [3.05, 3.63) is 66.6 Å². The summed E-state index contributed by atoms with van der Waals surface area (Å²) in [7, 11) is 0. The van der Waals surface area contributed by atoms with E-state index in [1.54, 1.807) is 17.0 Å². The zero-order chi connectivity index (χ0) is 22.6. The molecule has 3 heterocycles. The number of para-hydroxylation sites is 1. The molecule has 0 spiro atoms. The molecule has 0 saturated carbocycles. The predicted molar refractivity (Wildman–Crippen MR) is 114 cm³/mol. The SMILES string of the molecule is O=C(CN1CCN(c2cc(C(F)(F)F)nc(-c3ccncc3)n2)CC1)Nc1ccccc1. The summed E-state index contributed by atoms with van der Waals surface area (Å²) < 4.78 is 40.3. The van der Waals surface area contributed by atoms with Crippen LogP contribution < -0.4 is 10.2 Å². The third-order valence-electron chi connectivity index (χ3n) is 5.06. The van der Waals surface area contributed by atoms with Crippen molar-refractivity contribution in [2.24, 2.45) is 0 Å². The van der Waals surface area contributed by atoms with Gasteiger partial charge in [0.25, 0.3) is 0 Å². The summed E-state index contributed by atoms with van der Waals surface area (Å²) in [4.78, 5) is 28.0. The van der Waals surface area contributed by atoms with Crippen LogP contribution in [-0.2, 0) is 11.0 Å². The molecule has 4 rings (SSSR count). The van der Waals surface area contributed by atoms with E-state index in [9.17, 15) is 18.0 Å². The van der Waals surface area contributed by atoms with Crippen LogP contribution in [0.5, 0.6) is 0 Å². The smallest absolute Gasteiger partial charge is 0.354 e. The third-order valence-corrected chi connectivity index (χ3v) is 5.06. The van der Waals surface area contributed by atoms with Gasteiger partial charge in [0.15, 0.2) is 11.5 Å². The Labute approximate surface area is 182 Å². The minimum absolute atomic E-state index is 0.00175. The molecule has 1 aliphatic rings. The van der Waals surface area contributed by atoms with Gasteiger partial charge >= 0.3 is 6.18 Å². The van der Waals surface area contributed by atoms with Crippen molar-refractivity contribution in [2.75, 3.05) is 42.9 Å². The number of carbonyl (C=O) groups is 1. The van der Waals surface area contributed by atoms with E-state index in [1.807, 2.05) is 35.2 Å². The van der Waals surface area contributed by atoms with E-state index >= 15 is 0 Å². The second-order valence-corrected chi connectivity index (χ2v) is 7.35. The van der Waals surface area contributed by atoms with Gasteiger partial charge in [-0.3, -0.25) is 14.7 Å². The maximum absolute atomic E-state index is 13.4. The van der Waals surface area contributed by atoms with Crippen LogP contribution in [0.3, 0.4) is 0 Å². The van der Waals surface area contributed by atoms with Crippen molar-refractivity contribution in [2.45, 2.75) is 6.18 Å². The van der Waals surface area contributed by atoms with Gasteiger partial charge in [0.1, 0.15) is 5.82 Å². The van der Waals surface area contributed by atoms with Crippen LogP contribution in [0.1, 0.15) is 5.69 Å². The zero-order valence-corrected chi connectivity index (χ0v) is 17.1. The molecule has 3 aromatic rings. The fourth-order valence-corrected chi connectivity index (χ4v) is 3.43. The number of hydrogen-bond donors (Lipinski definition) is 1. The van der Waals surface area contributed by atoms with Gasteiger partial charge in [0.2, 0.25) is 5.91 Å². The van der Waals surface area contributed by atoms with Crippen molar-refractivity contribution in [3.63, 3.8) is 0 Å². The quantitative estimate of drug-likeness (QED) is 0.654. The standard InChI is InChI=1S/C22H21F3N6O/c23-22(24,25)18-14-19(29-21(28-18)16-6-8-26-9-7-16)31-12-10-30(11-13-31)15-20(32)27-17-4-2-1-3-5-17/h1-9,14H,10-13,15H2,(H,27,32). The van der Waals surface area contributed by atoms with E-state index in [1.165, 1.54) is 12.4 Å². The number of anilines is 2. The molecule has 1 aromatic carbocycles. The van der Waals surface area contributed by atoms with Gasteiger partial charge in [-0.05, 0) is 24.3 Å². The number of pyridine rings is 1. The molecule has 0 radical (unpaired) electrons. The van der Waals surface area contributed by atoms with Gasteiger partial charge in [-0.1, -0.05) is 18.2 Å². The van der Waals surface area contributed by atoms with Crippen molar-refractivity contribution in [3.8, 4) is 11.4 Å². The first-order valence-electron chi connectivity index (χ1n) is 10.1. The maximum Gasteiger partial charge on any atom is 0.433 e. The molecule has 2 aromatic heterocycles. The van der Waals surface area contributed by atoms with Crippen LogP contribution in [0.4, 0.5) is 24.7 Å². The molecular formula is C22H21F3N6O. The molecule has 1 amide bonds. The normalized spacial score (nSPS) is 14.9. The largest absolute Gasteiger partial charge is 0.433 e. The van der Waals surface area contributed by atoms with Crippen LogP contribution in [0, 0.1) is 0 Å². The van der Waals surface area contributed by atoms with E-state index in [0.717, 1.165) is 11.8 Å². The summed E-state index contributed by atoms with van der Waals surface area (Å²) in [6.45, 7) is 2.16. The Morgan fingerprint density at radius 3 is 2.31 bits per heavy atom. The number of carbonyl (C=O) groups excluding carboxylic acids is 1. The van der Waals surface area contributed by atoms with Crippen molar-refractivity contribution in [1.29, 1.82) is 0 Å². The summed E-state index contributed by atoms with van der Waals surface area (Å²) in [5.74, 6) is 0.0837. The fraction of sp³-hybridized carbons (Fsp3) is 0.273. The van der Waals surface area contributed by atoms with Gasteiger partial charge in [-0.2, -0.15) is 13.2 Å². The lowest BCUT2D eigenvalue weighted by Crippen LogP contribution is -2.49. The molecule has 32 heavy (non-hydrogen) atoms. The minimum atomic E-state index is -4.59. The highest BCUT2D eigenvalue weighted by atomic mass is 19.4. The Morgan fingerprint density at radius 1 is 0.969 bits per heavy atom. The Bertz CT molecular complexity index is 1050. The minimum Gasteiger partial charge on any atom is -0.354 e. The Morgan fingerprint density at radius 2 is 1.66 bits per heavy atom. The molecule has 7 nitrogen and oxygen atoms in total. The molecule has 1 aliphatic heterocycles. The lowest BCUT2D eigenvalue weighted by Gasteiger charge is -2.35. The number of hydrogen-bond acceptors (Lipinski definition) is 6. The van der Waals surface area contributed by atoms with Crippen LogP contribution >= 0.6 is 0 Å². The Hall–Kier alpha value is -3.53. The molecule has 1 fully saturated rings. The van der Waals surface area contributed by atoms with Crippen LogP contribution in [-0.4, -0.2) is 58.5 Å². The number of alkyl halides is 3. The summed E-state index contributed by atoms with van der Waals surface area (Å²) in [6.07, 6.45) is -1.62. The number of aromatic nitrogens is 3. The first kappa shape index (κ1) is 21.7. The highest BCUT2D eigenvalue weighted by Crippen LogP contribution is 2.31. The number of nitrogens with zero attached hydrogens (tertiary/aromatic N) is 5. The summed E-state index contributed by atoms with van der Waals surface area (Å²) in [5, 5.41) is 2.84. The number of nitrogens with one attached hydrogen (secondary N) is 1. The second-order valence-electron chi connectivity index (χ2n) is 7.35. The highest BCUT2D eigenvalue weighted by Gasteiger charge is 2.34. The number of halogens is 3. The Balaban J connectivity index is 1.44. The number of benzene rings is 1. The summed E-state index contributed by atoms with van der Waals surface area (Å²) >= 11 is 0. The summed E-state index contributed by atoms with van der Waals surface area (Å²) in [5.41, 5.74) is 0.197. The van der Waals surface area contributed by atoms with Crippen LogP contribution in [0.15, 0.2) is 60.9 Å². The van der Waals surface area contributed by atoms with E-state index in [0.29, 0.717) is 31.7 Å². The van der Waals surface area contributed by atoms with Gasteiger partial charge < -0.3 is 10.2 Å². The lowest BCUT2D eigenvalue weighted by molar-refractivity contribution is -0.141. The summed E-state index contributed by atoms with van der Waals surface area (Å²) in [6, 6.07) is 13.3. The molecule has 0 aliphatic carbocycles. The fourth-order valence-electron chi connectivity index (χ4n) is 3.43. The highest BCUT2D eigenvalue weighted by molar-refractivity contribution is 5.92. The average Bonchev–Trinajstić information content (AvgIpc) is 2.80. The first-order valence-corrected chi connectivity index (χ1v) is 10.1. The molecule has 1 saturated heterocycles. The van der Waals surface area contributed by atoms with Crippen molar-refractivity contribution < 1.29 is 18.0 Å². The van der Waals surface area contributed by atoms with Crippen molar-refractivity contribution in [1.82, 2.24) is 19.9 Å². The predicted octanol–water partition coefficient (Wildman–Crippen LogP) is 3.32. The average molecular weight is 442 g/mol. The van der Waals surface area contributed by atoms with Crippen LogP contribution in [0.2, 0.25) is 0 Å². The molecule has 0 unspecified atom stereocenters. The van der Waals surface area contributed by atoms with Gasteiger partial charge in [0, 0.05) is 55.9 Å². The molecule has 166 valence electrons. The zero-order valence-electron chi connectivity index (χ0n) is 17.1. The first-order chi connectivity index (χ1) is 15.4. The van der Waals surface area contributed by atoms with E-state index in [-0.39, 0.29) is 24.1 Å². The van der Waals surface area contributed by atoms with Gasteiger partial charge in [-0.25, -0.2) is 9.97 Å². The number of amides is 1. The van der Waals surface area contributed by atoms with Gasteiger partial charge in [-0.15, -0.1) is 0 Å².